The fraction of sp³-hybridized carbons (Fsp3) is 0.391. The molecule has 1 aliphatic carbocycles. The predicted molar refractivity (Wildman–Crippen MR) is 118 cm³/mol. The average Bonchev–Trinajstić information content (AvgIpc) is 3.44. The molecule has 1 fully saturated rings. The zero-order valence-corrected chi connectivity index (χ0v) is 17.9. The number of pyridine rings is 1. The van der Waals surface area contributed by atoms with Gasteiger partial charge in [-0.2, -0.15) is 0 Å². The zero-order chi connectivity index (χ0) is 21.8. The standard InChI is InChI=1S/C23H27N5O3/c1-15-18(23(30)24-10-11-31-2)8-5-9-19(15)27-22(29)16-12-20-21(25-13-16)28(14-26-20)17-6-3-4-7-17/h5,8-9,12-14,17H,3-4,6-7,10-11H2,1-2H3,(H,24,30)(H,27,29). The number of imidazole rings is 1. The molecule has 0 radical (unpaired) electrons. The molecule has 8 nitrogen and oxygen atoms in total. The number of carbonyl (C=O) groups is 2. The van der Waals surface area contributed by atoms with Crippen molar-refractivity contribution in [3.05, 3.63) is 53.5 Å². The van der Waals surface area contributed by atoms with Crippen molar-refractivity contribution >= 4 is 28.7 Å². The van der Waals surface area contributed by atoms with E-state index in [1.807, 2.05) is 13.3 Å². The highest BCUT2D eigenvalue weighted by molar-refractivity contribution is 6.07. The van der Waals surface area contributed by atoms with Crippen LogP contribution in [-0.2, 0) is 4.74 Å². The number of aromatic nitrogens is 3. The minimum absolute atomic E-state index is 0.203. The number of amides is 2. The minimum atomic E-state index is -0.287. The van der Waals surface area contributed by atoms with Gasteiger partial charge >= 0.3 is 0 Å². The summed E-state index contributed by atoms with van der Waals surface area (Å²) in [4.78, 5) is 34.3. The van der Waals surface area contributed by atoms with Crippen molar-refractivity contribution in [2.24, 2.45) is 0 Å². The van der Waals surface area contributed by atoms with E-state index < -0.39 is 0 Å². The van der Waals surface area contributed by atoms with E-state index in [1.165, 1.54) is 12.8 Å². The van der Waals surface area contributed by atoms with Crippen LogP contribution in [-0.4, -0.2) is 46.6 Å². The number of fused-ring (bicyclic) bond motifs is 1. The first kappa shape index (κ1) is 21.0. The van der Waals surface area contributed by atoms with Crippen LogP contribution < -0.4 is 10.6 Å². The number of nitrogens with one attached hydrogen (secondary N) is 2. The van der Waals surface area contributed by atoms with Gasteiger partial charge in [-0.3, -0.25) is 9.59 Å². The van der Waals surface area contributed by atoms with E-state index in [0.717, 1.165) is 18.5 Å². The largest absolute Gasteiger partial charge is 0.383 e. The Morgan fingerprint density at radius 3 is 2.77 bits per heavy atom. The van der Waals surface area contributed by atoms with E-state index in [0.29, 0.717) is 47.1 Å². The number of rotatable bonds is 7. The summed E-state index contributed by atoms with van der Waals surface area (Å²) in [6.45, 7) is 2.67. The molecule has 0 aliphatic heterocycles. The second kappa shape index (κ2) is 9.26. The number of methoxy groups -OCH3 is 1. The lowest BCUT2D eigenvalue weighted by Gasteiger charge is -2.13. The van der Waals surface area contributed by atoms with Crippen LogP contribution in [0.15, 0.2) is 36.8 Å². The van der Waals surface area contributed by atoms with Crippen molar-refractivity contribution in [1.29, 1.82) is 0 Å². The van der Waals surface area contributed by atoms with E-state index in [1.54, 1.807) is 37.6 Å². The Kier molecular flexibility index (Phi) is 6.27. The number of hydrogen-bond acceptors (Lipinski definition) is 5. The number of carbonyl (C=O) groups excluding carboxylic acids is 2. The first-order valence-electron chi connectivity index (χ1n) is 10.6. The molecule has 162 valence electrons. The molecular weight excluding hydrogens is 394 g/mol. The third-order valence-corrected chi connectivity index (χ3v) is 5.81. The summed E-state index contributed by atoms with van der Waals surface area (Å²) in [7, 11) is 1.58. The molecule has 2 aromatic heterocycles. The average molecular weight is 422 g/mol. The molecule has 0 saturated heterocycles. The third-order valence-electron chi connectivity index (χ3n) is 5.81. The molecule has 0 atom stereocenters. The highest BCUT2D eigenvalue weighted by atomic mass is 16.5. The summed E-state index contributed by atoms with van der Waals surface area (Å²) in [5, 5.41) is 5.70. The zero-order valence-electron chi connectivity index (χ0n) is 17.9. The molecule has 8 heteroatoms. The Balaban J connectivity index is 1.51. The first-order valence-corrected chi connectivity index (χ1v) is 10.6. The number of benzene rings is 1. The van der Waals surface area contributed by atoms with Crippen LogP contribution in [0.2, 0.25) is 0 Å². The summed E-state index contributed by atoms with van der Waals surface area (Å²) < 4.78 is 7.09. The Morgan fingerprint density at radius 2 is 2.00 bits per heavy atom. The van der Waals surface area contributed by atoms with Gasteiger partial charge in [0, 0.05) is 37.1 Å². The van der Waals surface area contributed by atoms with Gasteiger partial charge in [0.25, 0.3) is 11.8 Å². The third kappa shape index (κ3) is 4.44. The number of ether oxygens (including phenoxy) is 1. The highest BCUT2D eigenvalue weighted by Gasteiger charge is 2.20. The monoisotopic (exact) mass is 421 g/mol. The molecule has 0 spiro atoms. The van der Waals surface area contributed by atoms with Gasteiger partial charge in [-0.05, 0) is 43.5 Å². The molecule has 31 heavy (non-hydrogen) atoms. The van der Waals surface area contributed by atoms with Gasteiger partial charge in [0.2, 0.25) is 0 Å². The number of nitrogens with zero attached hydrogens (tertiary/aromatic N) is 3. The summed E-state index contributed by atoms with van der Waals surface area (Å²) in [5.74, 6) is -0.490. The van der Waals surface area contributed by atoms with Gasteiger partial charge in [-0.25, -0.2) is 9.97 Å². The Hall–Kier alpha value is -3.26. The molecule has 1 aromatic carbocycles. The molecule has 2 heterocycles. The Bertz CT molecular complexity index is 1100. The minimum Gasteiger partial charge on any atom is -0.383 e. The lowest BCUT2D eigenvalue weighted by Crippen LogP contribution is -2.27. The maximum Gasteiger partial charge on any atom is 0.257 e. The van der Waals surface area contributed by atoms with Crippen LogP contribution in [0.5, 0.6) is 0 Å². The van der Waals surface area contributed by atoms with Gasteiger partial charge in [-0.15, -0.1) is 0 Å². The normalized spacial score (nSPS) is 14.1. The fourth-order valence-corrected chi connectivity index (χ4v) is 4.07. The lowest BCUT2D eigenvalue weighted by molar-refractivity contribution is 0.0935. The SMILES string of the molecule is COCCNC(=O)c1cccc(NC(=O)c2cnc3c(c2)ncn3C2CCCC2)c1C. The van der Waals surface area contributed by atoms with Crippen LogP contribution in [0.4, 0.5) is 5.69 Å². The van der Waals surface area contributed by atoms with Crippen molar-refractivity contribution in [3.8, 4) is 0 Å². The summed E-state index contributed by atoms with van der Waals surface area (Å²) in [5.41, 5.74) is 3.75. The quantitative estimate of drug-likeness (QED) is 0.569. The number of anilines is 1. The lowest BCUT2D eigenvalue weighted by atomic mass is 10.1. The predicted octanol–water partition coefficient (Wildman–Crippen LogP) is 3.48. The van der Waals surface area contributed by atoms with Gasteiger partial charge in [-0.1, -0.05) is 18.9 Å². The van der Waals surface area contributed by atoms with E-state index in [2.05, 4.69) is 25.2 Å². The van der Waals surface area contributed by atoms with E-state index >= 15 is 0 Å². The smallest absolute Gasteiger partial charge is 0.257 e. The van der Waals surface area contributed by atoms with Crippen LogP contribution in [0, 0.1) is 6.92 Å². The van der Waals surface area contributed by atoms with E-state index in [4.69, 9.17) is 4.74 Å². The molecule has 4 rings (SSSR count). The van der Waals surface area contributed by atoms with Crippen LogP contribution in [0.3, 0.4) is 0 Å². The maximum absolute atomic E-state index is 12.9. The molecular formula is C23H27N5O3. The van der Waals surface area contributed by atoms with Gasteiger partial charge < -0.3 is 19.9 Å². The Labute approximate surface area is 181 Å². The van der Waals surface area contributed by atoms with Crippen molar-refractivity contribution in [2.75, 3.05) is 25.6 Å². The van der Waals surface area contributed by atoms with Gasteiger partial charge in [0.1, 0.15) is 5.52 Å². The van der Waals surface area contributed by atoms with Crippen LogP contribution in [0.1, 0.15) is 58.0 Å². The van der Waals surface area contributed by atoms with Crippen LogP contribution >= 0.6 is 0 Å². The second-order valence-electron chi connectivity index (χ2n) is 7.84. The van der Waals surface area contributed by atoms with E-state index in [9.17, 15) is 9.59 Å². The van der Waals surface area contributed by atoms with Gasteiger partial charge in [0.05, 0.1) is 18.5 Å². The second-order valence-corrected chi connectivity index (χ2v) is 7.84. The molecule has 0 bridgehead atoms. The van der Waals surface area contributed by atoms with Crippen molar-refractivity contribution in [2.45, 2.75) is 38.6 Å². The number of hydrogen-bond donors (Lipinski definition) is 2. The highest BCUT2D eigenvalue weighted by Crippen LogP contribution is 2.31. The molecule has 1 saturated carbocycles. The first-order chi connectivity index (χ1) is 15.1. The summed E-state index contributed by atoms with van der Waals surface area (Å²) in [6, 6.07) is 7.46. The molecule has 2 amide bonds. The Morgan fingerprint density at radius 1 is 1.19 bits per heavy atom. The summed E-state index contributed by atoms with van der Waals surface area (Å²) in [6.07, 6.45) is 8.15. The molecule has 2 N–H and O–H groups in total. The van der Waals surface area contributed by atoms with Crippen molar-refractivity contribution in [3.63, 3.8) is 0 Å². The van der Waals surface area contributed by atoms with E-state index in [-0.39, 0.29) is 11.8 Å². The van der Waals surface area contributed by atoms with Crippen molar-refractivity contribution in [1.82, 2.24) is 19.9 Å². The van der Waals surface area contributed by atoms with Gasteiger partial charge in [0.15, 0.2) is 5.65 Å². The molecule has 3 aromatic rings. The topological polar surface area (TPSA) is 98.1 Å². The van der Waals surface area contributed by atoms with Crippen LogP contribution in [0.25, 0.3) is 11.2 Å². The molecule has 1 aliphatic rings. The maximum atomic E-state index is 12.9. The molecule has 0 unspecified atom stereocenters. The summed E-state index contributed by atoms with van der Waals surface area (Å²) >= 11 is 0. The van der Waals surface area contributed by atoms with Crippen molar-refractivity contribution < 1.29 is 14.3 Å². The fourth-order valence-electron chi connectivity index (χ4n) is 4.07.